The Morgan fingerprint density at radius 2 is 1.68 bits per heavy atom. The number of aromatic nitrogens is 1. The molecule has 7 nitrogen and oxygen atoms in total. The van der Waals surface area contributed by atoms with E-state index < -0.39 is 6.03 Å². The van der Waals surface area contributed by atoms with E-state index in [1.54, 1.807) is 31.2 Å². The molecule has 22 heavy (non-hydrogen) atoms. The van der Waals surface area contributed by atoms with Crippen LogP contribution in [0.25, 0.3) is 0 Å². The van der Waals surface area contributed by atoms with E-state index in [0.29, 0.717) is 28.4 Å². The van der Waals surface area contributed by atoms with Gasteiger partial charge in [0.25, 0.3) is 5.91 Å². The van der Waals surface area contributed by atoms with Crippen molar-refractivity contribution in [3.8, 4) is 0 Å². The smallest absolute Gasteiger partial charge is 0.316 e. The lowest BCUT2D eigenvalue weighted by Gasteiger charge is -2.08. The first-order valence-corrected chi connectivity index (χ1v) is 6.82. The number of primary amides is 1. The quantitative estimate of drug-likeness (QED) is 0.806. The highest BCUT2D eigenvalue weighted by Gasteiger charge is 2.22. The summed E-state index contributed by atoms with van der Waals surface area (Å²) in [6.07, 6.45) is 0. The molecule has 0 fully saturated rings. The van der Waals surface area contributed by atoms with E-state index in [2.05, 4.69) is 15.8 Å². The number of anilines is 2. The number of urea groups is 1. The van der Waals surface area contributed by atoms with Gasteiger partial charge in [-0.1, -0.05) is 19.0 Å². The summed E-state index contributed by atoms with van der Waals surface area (Å²) in [5.41, 5.74) is 7.18. The van der Waals surface area contributed by atoms with Crippen LogP contribution in [-0.2, 0) is 0 Å². The Hall–Kier alpha value is -2.83. The fourth-order valence-corrected chi connectivity index (χ4v) is 2.03. The highest BCUT2D eigenvalue weighted by atomic mass is 16.5. The van der Waals surface area contributed by atoms with Crippen LogP contribution in [0, 0.1) is 6.92 Å². The topological polar surface area (TPSA) is 110 Å². The molecule has 1 aromatic heterocycles. The molecule has 0 bridgehead atoms. The van der Waals surface area contributed by atoms with Crippen molar-refractivity contribution < 1.29 is 14.1 Å². The van der Waals surface area contributed by atoms with E-state index in [9.17, 15) is 9.59 Å². The van der Waals surface area contributed by atoms with Crippen molar-refractivity contribution in [2.75, 3.05) is 10.6 Å². The summed E-state index contributed by atoms with van der Waals surface area (Å²) in [7, 11) is 0. The molecule has 2 rings (SSSR count). The number of carbonyl (C=O) groups is 2. The lowest BCUT2D eigenvalue weighted by atomic mass is 10.0. The number of nitrogens with two attached hydrogens (primary N) is 1. The van der Waals surface area contributed by atoms with E-state index in [-0.39, 0.29) is 11.8 Å². The Labute approximate surface area is 127 Å². The number of nitrogens with zero attached hydrogens (tertiary/aromatic N) is 1. The minimum atomic E-state index is -0.640. The molecule has 0 spiro atoms. The van der Waals surface area contributed by atoms with Gasteiger partial charge in [0.05, 0.1) is 5.69 Å². The number of amides is 3. The van der Waals surface area contributed by atoms with Crippen LogP contribution in [0.15, 0.2) is 28.8 Å². The maximum atomic E-state index is 12.4. The van der Waals surface area contributed by atoms with E-state index in [1.165, 1.54) is 0 Å². The number of nitrogens with one attached hydrogen (secondary N) is 2. The summed E-state index contributed by atoms with van der Waals surface area (Å²) in [5.74, 6) is 0.337. The first-order chi connectivity index (χ1) is 10.4. The Bertz CT molecular complexity index is 689. The van der Waals surface area contributed by atoms with Crippen molar-refractivity contribution in [1.82, 2.24) is 5.16 Å². The fraction of sp³-hybridized carbons (Fsp3) is 0.267. The zero-order chi connectivity index (χ0) is 16.3. The van der Waals surface area contributed by atoms with E-state index in [1.807, 2.05) is 13.8 Å². The van der Waals surface area contributed by atoms with Crippen LogP contribution in [0.1, 0.15) is 41.6 Å². The summed E-state index contributed by atoms with van der Waals surface area (Å²) in [6, 6.07) is 5.98. The number of hydrogen-bond donors (Lipinski definition) is 3. The summed E-state index contributed by atoms with van der Waals surface area (Å²) < 4.78 is 5.21. The van der Waals surface area contributed by atoms with Crippen molar-refractivity contribution in [2.45, 2.75) is 26.7 Å². The Kier molecular flexibility index (Phi) is 4.45. The molecule has 0 unspecified atom stereocenters. The van der Waals surface area contributed by atoms with Gasteiger partial charge in [-0.3, -0.25) is 4.79 Å². The average molecular weight is 302 g/mol. The minimum absolute atomic E-state index is 0.0593. The Morgan fingerprint density at radius 3 is 2.18 bits per heavy atom. The largest absolute Gasteiger partial charge is 0.360 e. The van der Waals surface area contributed by atoms with Gasteiger partial charge in [0.1, 0.15) is 5.56 Å². The molecule has 0 aliphatic carbocycles. The average Bonchev–Trinajstić information content (AvgIpc) is 2.82. The van der Waals surface area contributed by atoms with Crippen LogP contribution in [0.4, 0.5) is 16.2 Å². The Balaban J connectivity index is 2.15. The molecule has 2 aromatic rings. The standard InChI is InChI=1S/C15H18N4O3/c1-8(2)13-12(9(3)19-22-13)14(20)17-10-4-6-11(7-5-10)18-15(16)21/h4-8H,1-3H3,(H,17,20)(H3,16,18,21). The molecule has 4 N–H and O–H groups in total. The van der Waals surface area contributed by atoms with Crippen LogP contribution in [0.5, 0.6) is 0 Å². The second-order valence-corrected chi connectivity index (χ2v) is 5.18. The van der Waals surface area contributed by atoms with Crippen LogP contribution in [0.3, 0.4) is 0 Å². The first-order valence-electron chi connectivity index (χ1n) is 6.82. The molecule has 0 aliphatic rings. The van der Waals surface area contributed by atoms with Gasteiger partial charge in [-0.25, -0.2) is 4.79 Å². The third-order valence-corrected chi connectivity index (χ3v) is 3.05. The lowest BCUT2D eigenvalue weighted by molar-refractivity contribution is 0.102. The molecule has 7 heteroatoms. The van der Waals surface area contributed by atoms with Gasteiger partial charge in [0.15, 0.2) is 5.76 Å². The van der Waals surface area contributed by atoms with Crippen molar-refractivity contribution in [3.63, 3.8) is 0 Å². The summed E-state index contributed by atoms with van der Waals surface area (Å²) in [4.78, 5) is 23.1. The number of aryl methyl sites for hydroxylation is 1. The molecule has 0 radical (unpaired) electrons. The zero-order valence-electron chi connectivity index (χ0n) is 12.6. The molecule has 3 amide bonds. The van der Waals surface area contributed by atoms with Crippen LogP contribution in [-0.4, -0.2) is 17.1 Å². The minimum Gasteiger partial charge on any atom is -0.360 e. The van der Waals surface area contributed by atoms with Gasteiger partial charge in [-0.15, -0.1) is 0 Å². The maximum absolute atomic E-state index is 12.4. The summed E-state index contributed by atoms with van der Waals surface area (Å²) in [6.45, 7) is 5.59. The van der Waals surface area contributed by atoms with Crippen LogP contribution >= 0.6 is 0 Å². The second kappa shape index (κ2) is 6.30. The molecular formula is C15H18N4O3. The van der Waals surface area contributed by atoms with Crippen molar-refractivity contribution >= 4 is 23.3 Å². The van der Waals surface area contributed by atoms with Gasteiger partial charge < -0.3 is 20.9 Å². The third-order valence-electron chi connectivity index (χ3n) is 3.05. The van der Waals surface area contributed by atoms with E-state index >= 15 is 0 Å². The van der Waals surface area contributed by atoms with Gasteiger partial charge >= 0.3 is 6.03 Å². The van der Waals surface area contributed by atoms with Crippen LogP contribution < -0.4 is 16.4 Å². The van der Waals surface area contributed by atoms with E-state index in [0.717, 1.165) is 0 Å². The number of carbonyl (C=O) groups excluding carboxylic acids is 2. The van der Waals surface area contributed by atoms with Gasteiger partial charge in [0.2, 0.25) is 0 Å². The Morgan fingerprint density at radius 1 is 1.14 bits per heavy atom. The summed E-state index contributed by atoms with van der Waals surface area (Å²) >= 11 is 0. The summed E-state index contributed by atoms with van der Waals surface area (Å²) in [5, 5.41) is 9.08. The first kappa shape index (κ1) is 15.6. The van der Waals surface area contributed by atoms with Crippen LogP contribution in [0.2, 0.25) is 0 Å². The predicted molar refractivity (Wildman–Crippen MR) is 82.9 cm³/mol. The molecule has 0 saturated carbocycles. The molecular weight excluding hydrogens is 284 g/mol. The molecule has 0 atom stereocenters. The monoisotopic (exact) mass is 302 g/mol. The van der Waals surface area contributed by atoms with E-state index in [4.69, 9.17) is 10.3 Å². The zero-order valence-corrected chi connectivity index (χ0v) is 12.6. The highest BCUT2D eigenvalue weighted by molar-refractivity contribution is 6.05. The van der Waals surface area contributed by atoms with Gasteiger partial charge in [-0.2, -0.15) is 0 Å². The number of benzene rings is 1. The lowest BCUT2D eigenvalue weighted by Crippen LogP contribution is -2.19. The van der Waals surface area contributed by atoms with Gasteiger partial charge in [-0.05, 0) is 31.2 Å². The normalized spacial score (nSPS) is 10.5. The SMILES string of the molecule is Cc1noc(C(C)C)c1C(=O)Nc1ccc(NC(N)=O)cc1. The van der Waals surface area contributed by atoms with Crippen molar-refractivity contribution in [2.24, 2.45) is 5.73 Å². The second-order valence-electron chi connectivity index (χ2n) is 5.18. The fourth-order valence-electron chi connectivity index (χ4n) is 2.03. The van der Waals surface area contributed by atoms with Crippen molar-refractivity contribution in [3.05, 3.63) is 41.3 Å². The van der Waals surface area contributed by atoms with Gasteiger partial charge in [0, 0.05) is 17.3 Å². The molecule has 116 valence electrons. The number of rotatable bonds is 4. The number of hydrogen-bond acceptors (Lipinski definition) is 4. The molecule has 0 saturated heterocycles. The highest BCUT2D eigenvalue weighted by Crippen LogP contribution is 2.23. The molecule has 0 aliphatic heterocycles. The molecule has 1 aromatic carbocycles. The molecule has 1 heterocycles. The predicted octanol–water partition coefficient (Wildman–Crippen LogP) is 2.85. The maximum Gasteiger partial charge on any atom is 0.316 e. The van der Waals surface area contributed by atoms with Crippen molar-refractivity contribution in [1.29, 1.82) is 0 Å². The third kappa shape index (κ3) is 3.43.